The summed E-state index contributed by atoms with van der Waals surface area (Å²) in [7, 11) is 0. The number of nitrogens with zero attached hydrogens (tertiary/aromatic N) is 3. The largest absolute Gasteiger partial charge is 0.586 e. The minimum Gasteiger partial charge on any atom is -0.481 e. The number of nitriles is 1. The van der Waals surface area contributed by atoms with Crippen LogP contribution < -0.4 is 34.5 Å². The molecule has 4 aromatic carbocycles. The quantitative estimate of drug-likeness (QED) is 0.109. The lowest BCUT2D eigenvalue weighted by atomic mass is 9.84. The maximum absolute atomic E-state index is 13.4. The average molecular weight is 952 g/mol. The van der Waals surface area contributed by atoms with Crippen molar-refractivity contribution in [2.45, 2.75) is 128 Å². The lowest BCUT2D eigenvalue weighted by Crippen LogP contribution is -2.42. The number of hydrogen-bond donors (Lipinski definition) is 3. The number of carboxylic acids is 1. The molecule has 2 amide bonds. The molecule has 0 bridgehead atoms. The molecule has 1 aromatic heterocycles. The van der Waals surface area contributed by atoms with Crippen molar-refractivity contribution in [1.82, 2.24) is 4.57 Å². The molecule has 362 valence electrons. The summed E-state index contributed by atoms with van der Waals surface area (Å²) < 4.78 is 73.6. The highest BCUT2D eigenvalue weighted by Gasteiger charge is 2.54. The third kappa shape index (κ3) is 9.20. The number of carbonyl (C=O) groups excluding carboxylic acids is 2. The molecule has 0 radical (unpaired) electrons. The number of anilines is 3. The van der Waals surface area contributed by atoms with Gasteiger partial charge in [0.25, 0.3) is 0 Å². The molecule has 5 aromatic rings. The molecular weight excluding hydrogens is 899 g/mol. The number of benzene rings is 4. The summed E-state index contributed by atoms with van der Waals surface area (Å²) in [5, 5.41) is 25.2. The molecule has 2 saturated carbocycles. The van der Waals surface area contributed by atoms with E-state index in [2.05, 4.69) is 82.1 Å². The molecule has 69 heavy (non-hydrogen) atoms. The Morgan fingerprint density at radius 3 is 1.72 bits per heavy atom. The SMILES string of the molecule is CC(C)(C)C1Cc2cc(NC(=O)C3(c4ccc5c(c4)OC(F)(F)O5)CC3)ccc2N1CCC#N.CC(C)(C)c1cc2cc(NC(=O)C3(c4ccc5c(c4)OC(F)(F)O5)CC3)ccc2n1CCC(=O)O. The van der Waals surface area contributed by atoms with Crippen LogP contribution in [0.1, 0.15) is 102 Å². The Morgan fingerprint density at radius 2 is 1.23 bits per heavy atom. The van der Waals surface area contributed by atoms with Crippen LogP contribution in [0.25, 0.3) is 10.9 Å². The van der Waals surface area contributed by atoms with Crippen LogP contribution in [0.5, 0.6) is 23.0 Å². The Labute approximate surface area is 396 Å². The fraction of sp³-hybridized carbons (Fsp3) is 0.423. The first kappa shape index (κ1) is 47.1. The van der Waals surface area contributed by atoms with E-state index in [-0.39, 0.29) is 58.1 Å². The number of hydrogen-bond acceptors (Lipinski definition) is 9. The van der Waals surface area contributed by atoms with Crippen LogP contribution >= 0.6 is 0 Å². The van der Waals surface area contributed by atoms with Crippen molar-refractivity contribution in [2.24, 2.45) is 5.41 Å². The van der Waals surface area contributed by atoms with Gasteiger partial charge in [-0.2, -0.15) is 5.26 Å². The molecule has 3 aliphatic heterocycles. The zero-order chi connectivity index (χ0) is 49.5. The number of rotatable bonds is 11. The van der Waals surface area contributed by atoms with Crippen molar-refractivity contribution in [3.63, 3.8) is 0 Å². The highest BCUT2D eigenvalue weighted by Crippen LogP contribution is 2.54. The number of fused-ring (bicyclic) bond motifs is 4. The smallest absolute Gasteiger partial charge is 0.481 e. The first-order chi connectivity index (χ1) is 32.4. The van der Waals surface area contributed by atoms with E-state index in [1.165, 1.54) is 24.3 Å². The monoisotopic (exact) mass is 951 g/mol. The lowest BCUT2D eigenvalue weighted by Gasteiger charge is -2.36. The van der Waals surface area contributed by atoms with Crippen molar-refractivity contribution in [3.05, 3.63) is 101 Å². The zero-order valence-corrected chi connectivity index (χ0v) is 39.1. The van der Waals surface area contributed by atoms with Crippen molar-refractivity contribution in [3.8, 4) is 29.1 Å². The van der Waals surface area contributed by atoms with E-state index in [1.807, 2.05) is 41.0 Å². The van der Waals surface area contributed by atoms with Crippen molar-refractivity contribution in [1.29, 1.82) is 5.26 Å². The molecular formula is C52H53F4N5O8. The lowest BCUT2D eigenvalue weighted by molar-refractivity contribution is -0.287. The van der Waals surface area contributed by atoms with Gasteiger partial charge in [-0.15, -0.1) is 17.6 Å². The molecule has 0 saturated heterocycles. The number of alkyl halides is 4. The van der Waals surface area contributed by atoms with Crippen LogP contribution in [-0.2, 0) is 43.6 Å². The maximum Gasteiger partial charge on any atom is 0.586 e. The molecule has 4 heterocycles. The van der Waals surface area contributed by atoms with Gasteiger partial charge >= 0.3 is 18.6 Å². The number of aliphatic carboxylic acids is 1. The second kappa shape index (κ2) is 16.6. The van der Waals surface area contributed by atoms with Crippen molar-refractivity contribution >= 4 is 45.7 Å². The van der Waals surface area contributed by atoms with E-state index >= 15 is 0 Å². The van der Waals surface area contributed by atoms with Gasteiger partial charge < -0.3 is 44.2 Å². The Morgan fingerprint density at radius 1 is 0.710 bits per heavy atom. The van der Waals surface area contributed by atoms with Gasteiger partial charge in [-0.25, -0.2) is 0 Å². The number of amides is 2. The summed E-state index contributed by atoms with van der Waals surface area (Å²) in [6, 6.07) is 25.0. The Hall–Kier alpha value is -6.96. The van der Waals surface area contributed by atoms with Crippen LogP contribution in [0.3, 0.4) is 0 Å². The van der Waals surface area contributed by atoms with Crippen LogP contribution in [0.4, 0.5) is 34.6 Å². The number of nitrogens with one attached hydrogen (secondary N) is 2. The molecule has 5 aliphatic rings. The van der Waals surface area contributed by atoms with E-state index in [9.17, 15) is 31.9 Å². The predicted molar refractivity (Wildman–Crippen MR) is 248 cm³/mol. The molecule has 17 heteroatoms. The van der Waals surface area contributed by atoms with Crippen LogP contribution in [-0.4, -0.2) is 52.6 Å². The third-order valence-electron chi connectivity index (χ3n) is 13.7. The second-order valence-corrected chi connectivity index (χ2v) is 20.6. The van der Waals surface area contributed by atoms with Crippen LogP contribution in [0.15, 0.2) is 78.9 Å². The van der Waals surface area contributed by atoms with Crippen LogP contribution in [0, 0.1) is 16.7 Å². The molecule has 3 N–H and O–H groups in total. The second-order valence-electron chi connectivity index (χ2n) is 20.6. The molecule has 2 aliphatic carbocycles. The summed E-state index contributed by atoms with van der Waals surface area (Å²) in [6.07, 6.45) is -3.63. The topological polar surface area (TPSA) is 164 Å². The molecule has 1 atom stereocenters. The number of carboxylic acid groups (broad SMARTS) is 1. The minimum atomic E-state index is -3.71. The summed E-state index contributed by atoms with van der Waals surface area (Å²) >= 11 is 0. The van der Waals surface area contributed by atoms with Gasteiger partial charge in [-0.3, -0.25) is 14.4 Å². The van der Waals surface area contributed by atoms with Crippen molar-refractivity contribution in [2.75, 3.05) is 22.1 Å². The van der Waals surface area contributed by atoms with E-state index in [4.69, 9.17) is 10.4 Å². The highest BCUT2D eigenvalue weighted by atomic mass is 19.3. The van der Waals surface area contributed by atoms with Gasteiger partial charge in [0, 0.05) is 58.2 Å². The standard InChI is InChI=1S/C26H27F2N3O3.C26H26F2N2O5/c1-24(2,3)22-14-16-13-18(6-7-19(16)31(22)12-4-11-29)30-23(32)25(9-10-25)17-5-8-20-21(15-17)34-26(27,28)33-20;1-24(2,3)21-13-15-12-17(5-6-18(15)30(21)11-8-22(31)32)29-23(33)25(9-10-25)16-4-7-19-20(14-16)35-26(27,28)34-19/h5-8,13,15,22H,4,9-10,12,14H2,1-3H3,(H,30,32);4-7,12-14H,8-11H2,1-3H3,(H,29,33)(H,31,32). The summed E-state index contributed by atoms with van der Waals surface area (Å²) in [5.41, 5.74) is 4.97. The van der Waals surface area contributed by atoms with Crippen LogP contribution in [0.2, 0.25) is 0 Å². The normalized spacial score (nSPS) is 19.2. The summed E-state index contributed by atoms with van der Waals surface area (Å²) in [4.78, 5) is 40.0. The number of aryl methyl sites for hydroxylation is 1. The van der Waals surface area contributed by atoms with Gasteiger partial charge in [0.1, 0.15) is 0 Å². The Balaban J connectivity index is 0.000000172. The Kier molecular flexibility index (Phi) is 11.4. The average Bonchev–Trinajstić information content (AvgIpc) is 4.12. The fourth-order valence-corrected chi connectivity index (χ4v) is 9.77. The van der Waals surface area contributed by atoms with Gasteiger partial charge in [0.15, 0.2) is 23.0 Å². The van der Waals surface area contributed by atoms with Gasteiger partial charge in [-0.1, -0.05) is 53.7 Å². The number of carbonyl (C=O) groups is 3. The third-order valence-corrected chi connectivity index (χ3v) is 13.7. The number of ether oxygens (including phenoxy) is 4. The van der Waals surface area contributed by atoms with E-state index in [1.54, 1.807) is 18.2 Å². The molecule has 10 rings (SSSR count). The first-order valence-electron chi connectivity index (χ1n) is 23.0. The molecule has 0 spiro atoms. The zero-order valence-electron chi connectivity index (χ0n) is 39.1. The van der Waals surface area contributed by atoms with Gasteiger partial charge in [0.05, 0.1) is 29.7 Å². The minimum absolute atomic E-state index is 0.00926. The maximum atomic E-state index is 13.4. The first-order valence-corrected chi connectivity index (χ1v) is 23.0. The summed E-state index contributed by atoms with van der Waals surface area (Å²) in [5.74, 6) is -1.46. The van der Waals surface area contributed by atoms with Gasteiger partial charge in [-0.05, 0) is 121 Å². The number of halogens is 4. The van der Waals surface area contributed by atoms with Crippen molar-refractivity contribution < 1.29 is 56.0 Å². The predicted octanol–water partition coefficient (Wildman–Crippen LogP) is 10.8. The molecule has 13 nitrogen and oxygen atoms in total. The van der Waals surface area contributed by atoms with E-state index in [0.717, 1.165) is 34.3 Å². The highest BCUT2D eigenvalue weighted by molar-refractivity contribution is 6.03. The van der Waals surface area contributed by atoms with Gasteiger partial charge in [0.2, 0.25) is 11.8 Å². The van der Waals surface area contributed by atoms with E-state index in [0.29, 0.717) is 67.7 Å². The van der Waals surface area contributed by atoms with E-state index < -0.39 is 29.4 Å². The summed E-state index contributed by atoms with van der Waals surface area (Å²) in [6.45, 7) is 13.8. The molecule has 2 fully saturated rings. The number of aromatic nitrogens is 1. The Bertz CT molecular complexity index is 2940. The molecule has 1 unspecified atom stereocenters. The fourth-order valence-electron chi connectivity index (χ4n) is 9.77.